The fraction of sp³-hybridized carbons (Fsp3) is 0.400. The van der Waals surface area contributed by atoms with Crippen molar-refractivity contribution in [1.29, 1.82) is 0 Å². The fourth-order valence-corrected chi connectivity index (χ4v) is 6.35. The van der Waals surface area contributed by atoms with Gasteiger partial charge in [-0.3, -0.25) is 9.59 Å². The van der Waals surface area contributed by atoms with Crippen LogP contribution in [0.2, 0.25) is 5.02 Å². The third kappa shape index (κ3) is 8.08. The molecule has 1 heterocycles. The van der Waals surface area contributed by atoms with Crippen LogP contribution in [0, 0.1) is 12.8 Å². The van der Waals surface area contributed by atoms with E-state index in [4.69, 9.17) is 21.3 Å². The van der Waals surface area contributed by atoms with Gasteiger partial charge < -0.3 is 25.5 Å². The van der Waals surface area contributed by atoms with E-state index in [0.29, 0.717) is 45.1 Å². The number of benzene rings is 3. The molecule has 3 atom stereocenters. The number of imidazole rings is 1. The Kier molecular flexibility index (Phi) is 9.88. The number of hydrogen-bond acceptors (Lipinski definition) is 6. The predicted octanol–water partition coefficient (Wildman–Crippen LogP) is 8.90. The first-order valence-electron chi connectivity index (χ1n) is 15.5. The second kappa shape index (κ2) is 13.6. The lowest BCUT2D eigenvalue weighted by Crippen LogP contribution is -2.24. The minimum atomic E-state index is -4.72. The monoisotopic (exact) mass is 670 g/mol. The first-order chi connectivity index (χ1) is 22.1. The van der Waals surface area contributed by atoms with Crippen molar-refractivity contribution in [3.63, 3.8) is 0 Å². The molecule has 47 heavy (non-hydrogen) atoms. The molecule has 250 valence electrons. The number of anilines is 2. The smallest absolute Gasteiger partial charge is 0.417 e. The highest BCUT2D eigenvalue weighted by Gasteiger charge is 2.35. The molecule has 1 amide bonds. The van der Waals surface area contributed by atoms with Gasteiger partial charge in [-0.05, 0) is 94.8 Å². The van der Waals surface area contributed by atoms with Crippen LogP contribution in [0.4, 0.5) is 24.5 Å². The molecule has 4 aromatic rings. The van der Waals surface area contributed by atoms with Gasteiger partial charge in [0.25, 0.3) is 5.91 Å². The summed E-state index contributed by atoms with van der Waals surface area (Å²) >= 11 is 6.29. The van der Waals surface area contributed by atoms with E-state index in [1.54, 1.807) is 31.2 Å². The summed E-state index contributed by atoms with van der Waals surface area (Å²) in [5, 5.41) is 17.6. The fourth-order valence-electron chi connectivity index (χ4n) is 6.17. The molecule has 1 aliphatic carbocycles. The van der Waals surface area contributed by atoms with Gasteiger partial charge in [-0.2, -0.15) is 13.2 Å². The number of halogens is 4. The number of hydrogen-bond donors (Lipinski definition) is 4. The third-order valence-electron chi connectivity index (χ3n) is 8.37. The molecule has 0 aliphatic heterocycles. The number of ether oxygens (including phenoxy) is 1. The van der Waals surface area contributed by atoms with Crippen LogP contribution in [-0.2, 0) is 15.7 Å². The second-order valence-corrected chi connectivity index (χ2v) is 13.4. The van der Waals surface area contributed by atoms with Crippen molar-refractivity contribution in [1.82, 2.24) is 9.97 Å². The average Bonchev–Trinajstić information content (AvgIpc) is 3.63. The Labute approximate surface area is 276 Å². The zero-order valence-corrected chi connectivity index (χ0v) is 27.4. The molecule has 4 N–H and O–H groups in total. The summed E-state index contributed by atoms with van der Waals surface area (Å²) in [6, 6.07) is 12.8. The summed E-state index contributed by atoms with van der Waals surface area (Å²) in [5.41, 5.74) is 0.512. The standard InChI is InChI=1S/C35H38ClF3N4O4/c1-19-26(36)13-8-14-27(19)42-33(46)24-17-21(40-32(45)23-10-5-6-12-25(23)35(37,38)39)18-28-30(24)43-31(41-28)22-11-7-9-20(22)15-16-29(44)47-34(2,3)4/h5-6,8,10,12-14,17-18,20,22,33,42,46H,7,9,11,15-16H2,1-4H3,(H,40,45)(H,41,43)/t20?,22-,33+/m0/s1. The number of nitrogens with zero attached hydrogens (tertiary/aromatic N) is 1. The van der Waals surface area contributed by atoms with Crippen LogP contribution in [0.1, 0.15) is 97.9 Å². The van der Waals surface area contributed by atoms with Gasteiger partial charge in [-0.25, -0.2) is 4.98 Å². The summed E-state index contributed by atoms with van der Waals surface area (Å²) in [6.07, 6.45) is -2.44. The number of esters is 1. The van der Waals surface area contributed by atoms with Crippen molar-refractivity contribution in [2.24, 2.45) is 5.92 Å². The Bertz CT molecular complexity index is 1780. The molecule has 5 rings (SSSR count). The van der Waals surface area contributed by atoms with Crippen molar-refractivity contribution in [3.8, 4) is 0 Å². The number of H-pyrrole nitrogens is 1. The zero-order chi connectivity index (χ0) is 34.1. The van der Waals surface area contributed by atoms with Crippen molar-refractivity contribution < 1.29 is 32.6 Å². The maximum absolute atomic E-state index is 13.7. The lowest BCUT2D eigenvalue weighted by atomic mass is 9.91. The normalized spacial score (nSPS) is 17.5. The molecular formula is C35H38ClF3N4O4. The number of alkyl halides is 3. The molecule has 1 fully saturated rings. The molecule has 0 radical (unpaired) electrons. The number of nitrogens with one attached hydrogen (secondary N) is 3. The summed E-state index contributed by atoms with van der Waals surface area (Å²) in [6.45, 7) is 7.29. The van der Waals surface area contributed by atoms with Crippen LogP contribution in [0.5, 0.6) is 0 Å². The van der Waals surface area contributed by atoms with Gasteiger partial charge in [0.15, 0.2) is 6.23 Å². The Morgan fingerprint density at radius 1 is 1.11 bits per heavy atom. The number of carbonyl (C=O) groups excluding carboxylic acids is 2. The Balaban J connectivity index is 1.49. The van der Waals surface area contributed by atoms with Crippen molar-refractivity contribution in [2.45, 2.75) is 83.7 Å². The molecule has 0 spiro atoms. The largest absolute Gasteiger partial charge is 0.460 e. The molecule has 12 heteroatoms. The Hall–Kier alpha value is -4.09. The molecule has 0 saturated heterocycles. The topological polar surface area (TPSA) is 116 Å². The summed E-state index contributed by atoms with van der Waals surface area (Å²) in [5.74, 6) is -0.358. The molecule has 1 aromatic heterocycles. The maximum Gasteiger partial charge on any atom is 0.417 e. The highest BCUT2D eigenvalue weighted by molar-refractivity contribution is 6.31. The number of carbonyl (C=O) groups is 2. The van der Waals surface area contributed by atoms with Crippen LogP contribution in [-0.4, -0.2) is 32.6 Å². The molecular weight excluding hydrogens is 633 g/mol. The van der Waals surface area contributed by atoms with E-state index in [0.717, 1.165) is 31.4 Å². The number of rotatable bonds is 9. The van der Waals surface area contributed by atoms with Gasteiger partial charge >= 0.3 is 12.1 Å². The number of aromatic amines is 1. The highest BCUT2D eigenvalue weighted by atomic mass is 35.5. The number of aliphatic hydroxyl groups excluding tert-OH is 1. The second-order valence-electron chi connectivity index (χ2n) is 13.0. The van der Waals surface area contributed by atoms with E-state index in [9.17, 15) is 27.9 Å². The van der Waals surface area contributed by atoms with Gasteiger partial charge in [0.1, 0.15) is 11.4 Å². The molecule has 1 aliphatic rings. The van der Waals surface area contributed by atoms with Crippen LogP contribution in [0.3, 0.4) is 0 Å². The number of fused-ring (bicyclic) bond motifs is 1. The number of aliphatic hydroxyl groups is 1. The van der Waals surface area contributed by atoms with Gasteiger partial charge in [0.2, 0.25) is 0 Å². The van der Waals surface area contributed by atoms with Crippen LogP contribution >= 0.6 is 11.6 Å². The lowest BCUT2D eigenvalue weighted by Gasteiger charge is -2.21. The third-order valence-corrected chi connectivity index (χ3v) is 8.78. The highest BCUT2D eigenvalue weighted by Crippen LogP contribution is 2.42. The number of amides is 1. The van der Waals surface area contributed by atoms with E-state index in [1.807, 2.05) is 20.8 Å². The van der Waals surface area contributed by atoms with Crippen molar-refractivity contribution in [3.05, 3.63) is 87.7 Å². The van der Waals surface area contributed by atoms with Gasteiger partial charge in [0.05, 0.1) is 22.2 Å². The van der Waals surface area contributed by atoms with Crippen LogP contribution in [0.15, 0.2) is 54.6 Å². The molecule has 1 saturated carbocycles. The predicted molar refractivity (Wildman–Crippen MR) is 175 cm³/mol. The van der Waals surface area contributed by atoms with E-state index in [1.165, 1.54) is 18.2 Å². The van der Waals surface area contributed by atoms with Crippen LogP contribution in [0.25, 0.3) is 11.0 Å². The molecule has 3 aromatic carbocycles. The van der Waals surface area contributed by atoms with E-state index >= 15 is 0 Å². The molecule has 8 nitrogen and oxygen atoms in total. The van der Waals surface area contributed by atoms with E-state index in [2.05, 4.69) is 15.6 Å². The first-order valence-corrected chi connectivity index (χ1v) is 15.9. The minimum Gasteiger partial charge on any atom is -0.460 e. The molecule has 0 bridgehead atoms. The average molecular weight is 671 g/mol. The SMILES string of the molecule is Cc1c(Cl)cccc1N[C@H](O)c1cc(NC(=O)c2ccccc2C(F)(F)F)cc2[nH]c([C@H]3CCCC3CCC(=O)OC(C)(C)C)nc12. The number of aromatic nitrogens is 2. The zero-order valence-electron chi connectivity index (χ0n) is 26.6. The lowest BCUT2D eigenvalue weighted by molar-refractivity contribution is -0.155. The Morgan fingerprint density at radius 3 is 2.57 bits per heavy atom. The van der Waals surface area contributed by atoms with E-state index < -0.39 is 35.0 Å². The van der Waals surface area contributed by atoms with Crippen molar-refractivity contribution >= 4 is 45.9 Å². The quantitative estimate of drug-likeness (QED) is 0.104. The minimum absolute atomic E-state index is 0.00895. The van der Waals surface area contributed by atoms with Gasteiger partial charge in [-0.15, -0.1) is 0 Å². The van der Waals surface area contributed by atoms with Gasteiger partial charge in [-0.1, -0.05) is 36.2 Å². The van der Waals surface area contributed by atoms with Crippen molar-refractivity contribution in [2.75, 3.05) is 10.6 Å². The maximum atomic E-state index is 13.7. The van der Waals surface area contributed by atoms with Gasteiger partial charge in [0, 0.05) is 34.3 Å². The Morgan fingerprint density at radius 2 is 1.85 bits per heavy atom. The first kappa shape index (κ1) is 34.3. The molecule has 1 unspecified atom stereocenters. The van der Waals surface area contributed by atoms with Crippen LogP contribution < -0.4 is 10.6 Å². The summed E-state index contributed by atoms with van der Waals surface area (Å²) in [7, 11) is 0. The summed E-state index contributed by atoms with van der Waals surface area (Å²) in [4.78, 5) is 33.9. The van der Waals surface area contributed by atoms with E-state index in [-0.39, 0.29) is 29.9 Å². The summed E-state index contributed by atoms with van der Waals surface area (Å²) < 4.78 is 46.5.